The smallest absolute Gasteiger partial charge is 0.174 e. The molecule has 0 fully saturated rings. The predicted molar refractivity (Wildman–Crippen MR) is 116 cm³/mol. The maximum Gasteiger partial charge on any atom is 0.174 e. The second-order valence-corrected chi connectivity index (χ2v) is 6.80. The van der Waals surface area contributed by atoms with Gasteiger partial charge in [-0.25, -0.2) is 0 Å². The van der Waals surface area contributed by atoms with Crippen LogP contribution in [0, 0.1) is 6.92 Å². The lowest BCUT2D eigenvalue weighted by Gasteiger charge is -2.26. The van der Waals surface area contributed by atoms with Crippen LogP contribution in [0.4, 0.5) is 5.69 Å². The summed E-state index contributed by atoms with van der Waals surface area (Å²) in [5.41, 5.74) is 4.68. The van der Waals surface area contributed by atoms with Crippen LogP contribution in [0.2, 0.25) is 0 Å². The molecule has 0 spiro atoms. The standard InChI is InChI=1S/C23H24N2OS/c1-18-8-12-21(13-9-18)25(17-20-6-4-3-5-7-20)23(27)24-16-19-10-14-22(26-2)15-11-19/h3-15H,16-17H2,1-2H3,(H,24,27). The van der Waals surface area contributed by atoms with E-state index in [0.29, 0.717) is 11.7 Å². The first-order valence-electron chi connectivity index (χ1n) is 8.94. The minimum absolute atomic E-state index is 0.667. The molecular formula is C23H24N2OS. The van der Waals surface area contributed by atoms with E-state index < -0.39 is 0 Å². The molecular weight excluding hydrogens is 352 g/mol. The van der Waals surface area contributed by atoms with Crippen molar-refractivity contribution >= 4 is 23.0 Å². The van der Waals surface area contributed by atoms with Crippen LogP contribution < -0.4 is 15.0 Å². The number of anilines is 1. The molecule has 0 saturated carbocycles. The molecule has 138 valence electrons. The van der Waals surface area contributed by atoms with Gasteiger partial charge in [0.2, 0.25) is 0 Å². The molecule has 3 nitrogen and oxygen atoms in total. The van der Waals surface area contributed by atoms with Crippen LogP contribution in [0.5, 0.6) is 5.75 Å². The summed E-state index contributed by atoms with van der Waals surface area (Å²) in [7, 11) is 1.67. The van der Waals surface area contributed by atoms with Gasteiger partial charge in [0.25, 0.3) is 0 Å². The van der Waals surface area contributed by atoms with Crippen LogP contribution >= 0.6 is 12.2 Å². The Balaban J connectivity index is 1.74. The third-order valence-electron chi connectivity index (χ3n) is 4.38. The largest absolute Gasteiger partial charge is 0.497 e. The first-order valence-corrected chi connectivity index (χ1v) is 9.35. The van der Waals surface area contributed by atoms with Crippen molar-refractivity contribution in [2.24, 2.45) is 0 Å². The average molecular weight is 377 g/mol. The fourth-order valence-corrected chi connectivity index (χ4v) is 3.03. The molecule has 0 heterocycles. The molecule has 1 N–H and O–H groups in total. The zero-order valence-corrected chi connectivity index (χ0v) is 16.5. The number of rotatable bonds is 6. The number of nitrogens with one attached hydrogen (secondary N) is 1. The van der Waals surface area contributed by atoms with Crippen molar-refractivity contribution in [3.8, 4) is 5.75 Å². The maximum atomic E-state index is 5.73. The topological polar surface area (TPSA) is 24.5 Å². The van der Waals surface area contributed by atoms with E-state index in [-0.39, 0.29) is 0 Å². The van der Waals surface area contributed by atoms with Gasteiger partial charge in [-0.1, -0.05) is 60.2 Å². The summed E-state index contributed by atoms with van der Waals surface area (Å²) in [6, 6.07) is 26.8. The van der Waals surface area contributed by atoms with Gasteiger partial charge in [0.15, 0.2) is 5.11 Å². The number of nitrogens with zero attached hydrogens (tertiary/aromatic N) is 1. The number of hydrogen-bond donors (Lipinski definition) is 1. The number of methoxy groups -OCH3 is 1. The fraction of sp³-hybridized carbons (Fsp3) is 0.174. The van der Waals surface area contributed by atoms with Gasteiger partial charge in [-0.2, -0.15) is 0 Å². The molecule has 0 unspecified atom stereocenters. The quantitative estimate of drug-likeness (QED) is 0.606. The minimum Gasteiger partial charge on any atom is -0.497 e. The zero-order chi connectivity index (χ0) is 19.1. The average Bonchev–Trinajstić information content (AvgIpc) is 2.72. The van der Waals surface area contributed by atoms with Crippen LogP contribution in [0.3, 0.4) is 0 Å². The van der Waals surface area contributed by atoms with E-state index in [1.807, 2.05) is 30.3 Å². The third-order valence-corrected chi connectivity index (χ3v) is 4.74. The second-order valence-electron chi connectivity index (χ2n) is 6.41. The number of thiocarbonyl (C=S) groups is 1. The van der Waals surface area contributed by atoms with Crippen molar-refractivity contribution in [3.63, 3.8) is 0 Å². The van der Waals surface area contributed by atoms with Crippen molar-refractivity contribution in [2.45, 2.75) is 20.0 Å². The summed E-state index contributed by atoms with van der Waals surface area (Å²) < 4.78 is 5.21. The molecule has 0 aliphatic heterocycles. The molecule has 0 atom stereocenters. The monoisotopic (exact) mass is 376 g/mol. The van der Waals surface area contributed by atoms with Gasteiger partial charge in [0.1, 0.15) is 5.75 Å². The van der Waals surface area contributed by atoms with Gasteiger partial charge in [-0.15, -0.1) is 0 Å². The SMILES string of the molecule is COc1ccc(CNC(=S)N(Cc2ccccc2)c2ccc(C)cc2)cc1. The first kappa shape index (κ1) is 18.9. The summed E-state index contributed by atoms with van der Waals surface area (Å²) in [6.45, 7) is 3.48. The molecule has 3 aromatic rings. The van der Waals surface area contributed by atoms with E-state index in [1.54, 1.807) is 7.11 Å². The van der Waals surface area contributed by atoms with Crippen LogP contribution in [0.25, 0.3) is 0 Å². The molecule has 3 rings (SSSR count). The molecule has 27 heavy (non-hydrogen) atoms. The van der Waals surface area contributed by atoms with E-state index in [9.17, 15) is 0 Å². The van der Waals surface area contributed by atoms with Crippen molar-refractivity contribution in [1.29, 1.82) is 0 Å². The molecule has 0 saturated heterocycles. The molecule has 0 aliphatic rings. The molecule has 3 aromatic carbocycles. The Bertz CT molecular complexity index is 861. The summed E-state index contributed by atoms with van der Waals surface area (Å²) in [6.07, 6.45) is 0. The van der Waals surface area contributed by atoms with Crippen molar-refractivity contribution in [2.75, 3.05) is 12.0 Å². The van der Waals surface area contributed by atoms with E-state index in [0.717, 1.165) is 23.5 Å². The lowest BCUT2D eigenvalue weighted by molar-refractivity contribution is 0.414. The number of ether oxygens (including phenoxy) is 1. The summed E-state index contributed by atoms with van der Waals surface area (Å²) >= 11 is 5.73. The van der Waals surface area contributed by atoms with Crippen molar-refractivity contribution in [3.05, 3.63) is 95.6 Å². The lowest BCUT2D eigenvalue weighted by Crippen LogP contribution is -2.39. The van der Waals surface area contributed by atoms with Crippen LogP contribution in [-0.2, 0) is 13.1 Å². The number of aryl methyl sites for hydroxylation is 1. The molecule has 4 heteroatoms. The Kier molecular flexibility index (Phi) is 6.44. The van der Waals surface area contributed by atoms with E-state index >= 15 is 0 Å². The van der Waals surface area contributed by atoms with Crippen LogP contribution in [0.1, 0.15) is 16.7 Å². The summed E-state index contributed by atoms with van der Waals surface area (Å²) in [4.78, 5) is 2.13. The first-order chi connectivity index (χ1) is 13.2. The second kappa shape index (κ2) is 9.19. The lowest BCUT2D eigenvalue weighted by atomic mass is 10.1. The van der Waals surface area contributed by atoms with Gasteiger partial charge < -0.3 is 15.0 Å². The third kappa shape index (κ3) is 5.31. The molecule has 0 aliphatic carbocycles. The molecule has 0 amide bonds. The van der Waals surface area contributed by atoms with Gasteiger partial charge in [0, 0.05) is 12.2 Å². The zero-order valence-electron chi connectivity index (χ0n) is 15.7. The Labute approximate surface area is 166 Å². The number of benzene rings is 3. The van der Waals surface area contributed by atoms with Gasteiger partial charge in [-0.3, -0.25) is 0 Å². The maximum absolute atomic E-state index is 5.73. The fourth-order valence-electron chi connectivity index (χ4n) is 2.79. The Morgan fingerprint density at radius 1 is 0.889 bits per heavy atom. The highest BCUT2D eigenvalue weighted by atomic mass is 32.1. The number of hydrogen-bond acceptors (Lipinski definition) is 2. The highest BCUT2D eigenvalue weighted by molar-refractivity contribution is 7.80. The molecule has 0 radical (unpaired) electrons. The predicted octanol–water partition coefficient (Wildman–Crippen LogP) is 5.08. The van der Waals surface area contributed by atoms with Gasteiger partial charge in [-0.05, 0) is 54.5 Å². The van der Waals surface area contributed by atoms with E-state index in [1.165, 1.54) is 11.1 Å². The van der Waals surface area contributed by atoms with Crippen LogP contribution in [0.15, 0.2) is 78.9 Å². The molecule has 0 aromatic heterocycles. The normalized spacial score (nSPS) is 10.3. The van der Waals surface area contributed by atoms with Gasteiger partial charge in [0.05, 0.1) is 13.7 Å². The minimum atomic E-state index is 0.667. The Hall–Kier alpha value is -2.85. The summed E-state index contributed by atoms with van der Waals surface area (Å²) in [5.74, 6) is 0.853. The summed E-state index contributed by atoms with van der Waals surface area (Å²) in [5, 5.41) is 4.09. The Morgan fingerprint density at radius 2 is 1.56 bits per heavy atom. The highest BCUT2D eigenvalue weighted by Crippen LogP contribution is 2.19. The van der Waals surface area contributed by atoms with Crippen LogP contribution in [-0.4, -0.2) is 12.2 Å². The van der Waals surface area contributed by atoms with E-state index in [2.05, 4.69) is 65.7 Å². The van der Waals surface area contributed by atoms with Crippen molar-refractivity contribution in [1.82, 2.24) is 5.32 Å². The molecule has 0 bridgehead atoms. The van der Waals surface area contributed by atoms with E-state index in [4.69, 9.17) is 17.0 Å². The van der Waals surface area contributed by atoms with Gasteiger partial charge >= 0.3 is 0 Å². The van der Waals surface area contributed by atoms with Crippen molar-refractivity contribution < 1.29 is 4.74 Å². The Morgan fingerprint density at radius 3 is 2.19 bits per heavy atom. The highest BCUT2D eigenvalue weighted by Gasteiger charge is 2.13.